The van der Waals surface area contributed by atoms with Crippen molar-refractivity contribution in [3.05, 3.63) is 12.2 Å². The number of likely N-dealkylation sites (N-methyl/N-ethyl adjacent to an activating group) is 1. The van der Waals surface area contributed by atoms with Crippen LogP contribution in [0, 0.1) is 5.92 Å². The summed E-state index contributed by atoms with van der Waals surface area (Å²) in [5.74, 6) is 0.419. The summed E-state index contributed by atoms with van der Waals surface area (Å²) >= 11 is 1.67. The zero-order chi connectivity index (χ0) is 17.9. The van der Waals surface area contributed by atoms with E-state index in [1.165, 1.54) is 7.11 Å². The molecule has 1 atom stereocenters. The number of amides is 1. The molecule has 0 aliphatic carbocycles. The average Bonchev–Trinajstić information content (AvgIpc) is 2.54. The molecule has 0 N–H and O–H groups in total. The Morgan fingerprint density at radius 2 is 1.96 bits per heavy atom. The number of carbonyl (C=O) groups is 2. The van der Waals surface area contributed by atoms with Gasteiger partial charge in [0.25, 0.3) is 0 Å². The smallest absolute Gasteiger partial charge is 0.332 e. The minimum absolute atomic E-state index is 0.0138. The molecule has 0 aromatic rings. The Hall–Kier alpha value is -0.970. The van der Waals surface area contributed by atoms with E-state index >= 15 is 0 Å². The van der Waals surface area contributed by atoms with Gasteiger partial charge >= 0.3 is 5.97 Å². The quantitative estimate of drug-likeness (QED) is 0.324. The number of methoxy groups -OCH3 is 1. The third-order valence-electron chi connectivity index (χ3n) is 4.34. The highest BCUT2D eigenvalue weighted by molar-refractivity contribution is 7.98. The Labute approximate surface area is 146 Å². The minimum Gasteiger partial charge on any atom is -0.467 e. The molecule has 0 aliphatic heterocycles. The molecular weight excluding hydrogens is 310 g/mol. The summed E-state index contributed by atoms with van der Waals surface area (Å²) in [6, 6.07) is 0. The van der Waals surface area contributed by atoms with Crippen LogP contribution in [0.1, 0.15) is 52.9 Å². The fourth-order valence-corrected chi connectivity index (χ4v) is 3.25. The maximum atomic E-state index is 12.6. The number of nitrogens with zero attached hydrogens (tertiary/aromatic N) is 1. The summed E-state index contributed by atoms with van der Waals surface area (Å²) in [6.07, 6.45) is 10.1. The van der Waals surface area contributed by atoms with E-state index in [4.69, 9.17) is 4.74 Å². The average molecular weight is 344 g/mol. The second kappa shape index (κ2) is 11.5. The van der Waals surface area contributed by atoms with Crippen LogP contribution < -0.4 is 0 Å². The van der Waals surface area contributed by atoms with Crippen molar-refractivity contribution in [2.75, 3.05) is 26.2 Å². The van der Waals surface area contributed by atoms with E-state index in [9.17, 15) is 9.59 Å². The van der Waals surface area contributed by atoms with Gasteiger partial charge in [0.15, 0.2) is 0 Å². The van der Waals surface area contributed by atoms with E-state index in [0.717, 1.165) is 25.0 Å². The van der Waals surface area contributed by atoms with Crippen LogP contribution in [0.5, 0.6) is 0 Å². The fourth-order valence-electron chi connectivity index (χ4n) is 2.74. The molecule has 0 aromatic carbocycles. The third kappa shape index (κ3) is 6.21. The van der Waals surface area contributed by atoms with Crippen LogP contribution in [-0.4, -0.2) is 48.5 Å². The first-order valence-corrected chi connectivity index (χ1v) is 9.76. The lowest BCUT2D eigenvalue weighted by Crippen LogP contribution is -2.59. The van der Waals surface area contributed by atoms with Crippen LogP contribution in [0.2, 0.25) is 0 Å². The largest absolute Gasteiger partial charge is 0.467 e. The molecule has 0 saturated carbocycles. The molecule has 1 amide bonds. The number of rotatable bonds is 11. The van der Waals surface area contributed by atoms with Gasteiger partial charge in [-0.05, 0) is 30.8 Å². The van der Waals surface area contributed by atoms with Gasteiger partial charge in [-0.15, -0.1) is 0 Å². The maximum absolute atomic E-state index is 12.6. The number of thioether (sulfide) groups is 1. The van der Waals surface area contributed by atoms with Gasteiger partial charge in [-0.3, -0.25) is 4.79 Å². The molecule has 4 nitrogen and oxygen atoms in total. The van der Waals surface area contributed by atoms with Gasteiger partial charge in [0.05, 0.1) is 7.11 Å². The number of unbranched alkanes of at least 4 members (excludes halogenated alkanes) is 2. The summed E-state index contributed by atoms with van der Waals surface area (Å²) in [6.45, 7) is 6.09. The molecule has 0 spiro atoms. The van der Waals surface area contributed by atoms with Gasteiger partial charge in [0.1, 0.15) is 5.54 Å². The molecule has 23 heavy (non-hydrogen) atoms. The van der Waals surface area contributed by atoms with Crippen LogP contribution in [0.25, 0.3) is 0 Å². The summed E-state index contributed by atoms with van der Waals surface area (Å²) in [5, 5.41) is 0. The first-order chi connectivity index (χ1) is 10.9. The molecule has 134 valence electrons. The van der Waals surface area contributed by atoms with Gasteiger partial charge in [0.2, 0.25) is 5.91 Å². The normalized spacial score (nSPS) is 14.0. The lowest BCUT2D eigenvalue weighted by Gasteiger charge is -2.42. The Bertz CT molecular complexity index is 396. The summed E-state index contributed by atoms with van der Waals surface area (Å²) in [5.41, 5.74) is -0.897. The first-order valence-electron chi connectivity index (χ1n) is 8.37. The van der Waals surface area contributed by atoms with Crippen LogP contribution in [0.3, 0.4) is 0 Å². The molecule has 0 unspecified atom stereocenters. The van der Waals surface area contributed by atoms with Crippen LogP contribution >= 0.6 is 11.8 Å². The molecule has 0 heterocycles. The predicted molar refractivity (Wildman–Crippen MR) is 98.6 cm³/mol. The molecule has 0 bridgehead atoms. The van der Waals surface area contributed by atoms with E-state index in [1.807, 2.05) is 32.3 Å². The molecule has 0 aliphatic rings. The SMILES string of the molecule is CCCC/C=C/CC(=O)N(C)[C@@](CCSC)(C(=O)OC)C(C)C. The summed E-state index contributed by atoms with van der Waals surface area (Å²) < 4.78 is 5.04. The summed E-state index contributed by atoms with van der Waals surface area (Å²) in [4.78, 5) is 26.7. The first kappa shape index (κ1) is 22.0. The maximum Gasteiger partial charge on any atom is 0.332 e. The monoisotopic (exact) mass is 343 g/mol. The number of carbonyl (C=O) groups excluding carboxylic acids is 2. The number of ether oxygens (including phenoxy) is 1. The van der Waals surface area contributed by atoms with E-state index in [-0.39, 0.29) is 17.8 Å². The zero-order valence-electron chi connectivity index (χ0n) is 15.6. The third-order valence-corrected chi connectivity index (χ3v) is 4.95. The topological polar surface area (TPSA) is 46.6 Å². The number of hydrogen-bond acceptors (Lipinski definition) is 4. The fraction of sp³-hybridized carbons (Fsp3) is 0.778. The molecule has 0 fully saturated rings. The van der Waals surface area contributed by atoms with Crippen LogP contribution in [0.15, 0.2) is 12.2 Å². The minimum atomic E-state index is -0.897. The van der Waals surface area contributed by atoms with Crippen molar-refractivity contribution in [2.45, 2.75) is 58.4 Å². The molecule has 0 aromatic heterocycles. The Balaban J connectivity index is 5.17. The highest BCUT2D eigenvalue weighted by atomic mass is 32.2. The second-order valence-corrected chi connectivity index (χ2v) is 7.07. The van der Waals surface area contributed by atoms with Gasteiger partial charge in [-0.2, -0.15) is 11.8 Å². The predicted octanol–water partition coefficient (Wildman–Crippen LogP) is 3.90. The zero-order valence-corrected chi connectivity index (χ0v) is 16.4. The van der Waals surface area contributed by atoms with E-state index in [1.54, 1.807) is 23.7 Å². The molecule has 0 saturated heterocycles. The Kier molecular flexibility index (Phi) is 11.1. The van der Waals surface area contributed by atoms with Crippen LogP contribution in [0.4, 0.5) is 0 Å². The second-order valence-electron chi connectivity index (χ2n) is 6.08. The lowest BCUT2D eigenvalue weighted by molar-refractivity contribution is -0.164. The lowest BCUT2D eigenvalue weighted by atomic mass is 9.82. The highest BCUT2D eigenvalue weighted by Gasteiger charge is 2.47. The van der Waals surface area contributed by atoms with Crippen molar-refractivity contribution in [1.29, 1.82) is 0 Å². The molecule has 0 rings (SSSR count). The van der Waals surface area contributed by atoms with Crippen molar-refractivity contribution in [3.8, 4) is 0 Å². The van der Waals surface area contributed by atoms with Crippen molar-refractivity contribution in [3.63, 3.8) is 0 Å². The van der Waals surface area contributed by atoms with Crippen molar-refractivity contribution in [2.24, 2.45) is 5.92 Å². The Morgan fingerprint density at radius 3 is 2.43 bits per heavy atom. The Morgan fingerprint density at radius 1 is 1.30 bits per heavy atom. The highest BCUT2D eigenvalue weighted by Crippen LogP contribution is 2.31. The van der Waals surface area contributed by atoms with E-state index < -0.39 is 5.54 Å². The van der Waals surface area contributed by atoms with Gasteiger partial charge in [-0.25, -0.2) is 4.79 Å². The number of esters is 1. The molecule has 0 radical (unpaired) electrons. The van der Waals surface area contributed by atoms with Gasteiger partial charge in [0, 0.05) is 13.5 Å². The summed E-state index contributed by atoms with van der Waals surface area (Å²) in [7, 11) is 3.11. The molecule has 5 heteroatoms. The standard InChI is InChI=1S/C18H33NO3S/c1-7-8-9-10-11-12-16(20)19(4)18(15(2)3,13-14-23-6)17(21)22-5/h10-11,15H,7-9,12-14H2,1-6H3/b11-10+/t18-/m1/s1. The van der Waals surface area contributed by atoms with E-state index in [2.05, 4.69) is 6.92 Å². The van der Waals surface area contributed by atoms with Gasteiger partial charge in [-0.1, -0.05) is 45.8 Å². The van der Waals surface area contributed by atoms with Crippen LogP contribution in [-0.2, 0) is 14.3 Å². The number of allylic oxidation sites excluding steroid dienone is 1. The van der Waals surface area contributed by atoms with Crippen molar-refractivity contribution < 1.29 is 14.3 Å². The molecular formula is C18H33NO3S. The van der Waals surface area contributed by atoms with Crippen molar-refractivity contribution >= 4 is 23.6 Å². The number of hydrogen-bond donors (Lipinski definition) is 0. The van der Waals surface area contributed by atoms with E-state index in [0.29, 0.717) is 12.8 Å². The van der Waals surface area contributed by atoms with Crippen molar-refractivity contribution in [1.82, 2.24) is 4.90 Å². The van der Waals surface area contributed by atoms with Gasteiger partial charge < -0.3 is 9.64 Å².